The topological polar surface area (TPSA) is 94.3 Å². The molecule has 0 saturated heterocycles. The lowest BCUT2D eigenvalue weighted by atomic mass is 9.95. The summed E-state index contributed by atoms with van der Waals surface area (Å²) in [7, 11) is 1.49. The number of nitrogens with one attached hydrogen (secondary N) is 1. The van der Waals surface area contributed by atoms with Gasteiger partial charge in [-0.3, -0.25) is 9.78 Å². The summed E-state index contributed by atoms with van der Waals surface area (Å²) in [6.45, 7) is 3.44. The molecule has 0 fully saturated rings. The first-order valence-corrected chi connectivity index (χ1v) is 11.8. The zero-order valence-corrected chi connectivity index (χ0v) is 20.3. The first-order chi connectivity index (χ1) is 17.0. The van der Waals surface area contributed by atoms with Gasteiger partial charge in [-0.1, -0.05) is 28.5 Å². The molecule has 9 heteroatoms. The Morgan fingerprint density at radius 3 is 2.89 bits per heavy atom. The molecule has 1 N–H and O–H groups in total. The van der Waals surface area contributed by atoms with Gasteiger partial charge in [0.2, 0.25) is 5.91 Å². The van der Waals surface area contributed by atoms with Gasteiger partial charge in [0.25, 0.3) is 0 Å². The van der Waals surface area contributed by atoms with Gasteiger partial charge in [0, 0.05) is 29.9 Å². The molecule has 1 aliphatic carbocycles. The van der Waals surface area contributed by atoms with Crippen molar-refractivity contribution in [3.8, 4) is 39.9 Å². The molecule has 4 aromatic rings. The fraction of sp³-hybridized carbons (Fsp3) is 0.192. The van der Waals surface area contributed by atoms with E-state index >= 15 is 0 Å². The van der Waals surface area contributed by atoms with Crippen molar-refractivity contribution < 1.29 is 9.63 Å². The smallest absolute Gasteiger partial charge is 0.223 e. The maximum absolute atomic E-state index is 11.7. The van der Waals surface area contributed by atoms with Crippen molar-refractivity contribution in [1.82, 2.24) is 19.7 Å². The number of rotatable bonds is 5. The highest BCUT2D eigenvalue weighted by molar-refractivity contribution is 7.19. The van der Waals surface area contributed by atoms with Gasteiger partial charge in [0.1, 0.15) is 7.11 Å². The summed E-state index contributed by atoms with van der Waals surface area (Å²) in [6, 6.07) is 9.73. The van der Waals surface area contributed by atoms with Crippen LogP contribution in [0.1, 0.15) is 35.0 Å². The number of nitrogens with zero attached hydrogens (tertiary/aromatic N) is 5. The van der Waals surface area contributed by atoms with Crippen LogP contribution in [0.5, 0.6) is 0 Å². The summed E-state index contributed by atoms with van der Waals surface area (Å²) in [5.74, 6) is 2.63. The second-order valence-electron chi connectivity index (χ2n) is 8.09. The fourth-order valence-corrected chi connectivity index (χ4v) is 5.25. The number of oxime groups is 1. The number of fused-ring (bicyclic) bond motifs is 3. The molecule has 5 rings (SSSR count). The predicted molar refractivity (Wildman–Crippen MR) is 137 cm³/mol. The number of anilines is 1. The molecule has 35 heavy (non-hydrogen) atoms. The summed E-state index contributed by atoms with van der Waals surface area (Å²) in [5, 5.41) is 12.3. The molecule has 174 valence electrons. The second kappa shape index (κ2) is 9.16. The van der Waals surface area contributed by atoms with Crippen LogP contribution in [-0.2, 0) is 22.5 Å². The summed E-state index contributed by atoms with van der Waals surface area (Å²) in [4.78, 5) is 26.6. The molecule has 0 unspecified atom stereocenters. The SMILES string of the molecule is C#Cc1cc(C=NOC)ccc1-n1nc(-c2ccc(C)nc2)c2c1-c1sc(NC(C)=O)nc1CC2. The first kappa shape index (κ1) is 22.5. The number of pyridine rings is 1. The van der Waals surface area contributed by atoms with E-state index in [1.165, 1.54) is 25.4 Å². The zero-order chi connectivity index (χ0) is 24.5. The second-order valence-corrected chi connectivity index (χ2v) is 9.09. The minimum Gasteiger partial charge on any atom is -0.399 e. The average molecular weight is 483 g/mol. The van der Waals surface area contributed by atoms with Crippen molar-refractivity contribution in [3.05, 3.63) is 64.6 Å². The summed E-state index contributed by atoms with van der Waals surface area (Å²) < 4.78 is 1.89. The van der Waals surface area contributed by atoms with Crippen LogP contribution in [0.3, 0.4) is 0 Å². The Morgan fingerprint density at radius 1 is 1.31 bits per heavy atom. The number of carbonyl (C=O) groups excluding carboxylic acids is 1. The van der Waals surface area contributed by atoms with Crippen molar-refractivity contribution in [1.29, 1.82) is 0 Å². The average Bonchev–Trinajstić information content (AvgIpc) is 3.43. The minimum atomic E-state index is -0.154. The summed E-state index contributed by atoms with van der Waals surface area (Å²) >= 11 is 1.44. The molecule has 1 aliphatic rings. The third-order valence-corrected chi connectivity index (χ3v) is 6.71. The third-order valence-electron chi connectivity index (χ3n) is 5.69. The van der Waals surface area contributed by atoms with Gasteiger partial charge in [-0.2, -0.15) is 5.10 Å². The zero-order valence-electron chi connectivity index (χ0n) is 19.5. The maximum atomic E-state index is 11.7. The largest absolute Gasteiger partial charge is 0.399 e. The number of aromatic nitrogens is 4. The van der Waals surface area contributed by atoms with Gasteiger partial charge in [0.15, 0.2) is 5.13 Å². The standard InChI is InChI=1S/C26H22N6O2S/c1-5-18-12-17(13-28-34-4)7-11-22(18)32-24-20(23(31-32)19-8-6-15(2)27-14-19)9-10-21-25(24)35-26(30-21)29-16(3)33/h1,6-8,11-14H,9-10H2,2-4H3,(H,29,30,33). The van der Waals surface area contributed by atoms with E-state index in [9.17, 15) is 4.79 Å². The molecule has 0 aliphatic heterocycles. The monoisotopic (exact) mass is 482 g/mol. The Bertz CT molecular complexity index is 1510. The van der Waals surface area contributed by atoms with E-state index in [0.717, 1.165) is 62.9 Å². The number of aryl methyl sites for hydroxylation is 2. The Labute approximate surface area is 206 Å². The van der Waals surface area contributed by atoms with Gasteiger partial charge in [-0.25, -0.2) is 9.67 Å². The van der Waals surface area contributed by atoms with E-state index in [2.05, 4.69) is 26.4 Å². The van der Waals surface area contributed by atoms with Crippen LogP contribution in [0, 0.1) is 19.3 Å². The molecule has 3 heterocycles. The molecule has 0 bridgehead atoms. The van der Waals surface area contributed by atoms with Crippen LogP contribution in [-0.4, -0.2) is 39.0 Å². The van der Waals surface area contributed by atoms with Crippen LogP contribution in [0.2, 0.25) is 0 Å². The molecule has 0 saturated carbocycles. The molecule has 1 aromatic carbocycles. The third kappa shape index (κ3) is 4.20. The Kier molecular flexibility index (Phi) is 5.89. The Hall–Kier alpha value is -4.29. The summed E-state index contributed by atoms with van der Waals surface area (Å²) in [6.07, 6.45) is 10.9. The molecule has 0 radical (unpaired) electrons. The maximum Gasteiger partial charge on any atom is 0.223 e. The lowest BCUT2D eigenvalue weighted by molar-refractivity contribution is -0.114. The Balaban J connectivity index is 1.74. The lowest BCUT2D eigenvalue weighted by Gasteiger charge is -2.15. The Morgan fingerprint density at radius 2 is 2.17 bits per heavy atom. The van der Waals surface area contributed by atoms with E-state index < -0.39 is 0 Å². The van der Waals surface area contributed by atoms with Gasteiger partial charge in [0.05, 0.1) is 39.4 Å². The molecule has 0 atom stereocenters. The van der Waals surface area contributed by atoms with Crippen molar-refractivity contribution in [2.24, 2.45) is 5.16 Å². The van der Waals surface area contributed by atoms with E-state index in [1.54, 1.807) is 6.21 Å². The van der Waals surface area contributed by atoms with Crippen molar-refractivity contribution in [2.45, 2.75) is 26.7 Å². The minimum absolute atomic E-state index is 0.154. The highest BCUT2D eigenvalue weighted by atomic mass is 32.1. The number of benzene rings is 1. The number of amides is 1. The molecular formula is C26H22N6O2S. The van der Waals surface area contributed by atoms with E-state index in [0.29, 0.717) is 10.7 Å². The summed E-state index contributed by atoms with van der Waals surface area (Å²) in [5.41, 5.74) is 7.97. The number of hydrogen-bond donors (Lipinski definition) is 1. The number of hydrogen-bond acceptors (Lipinski definition) is 7. The lowest BCUT2D eigenvalue weighted by Crippen LogP contribution is -2.07. The molecule has 0 spiro atoms. The van der Waals surface area contributed by atoms with E-state index in [-0.39, 0.29) is 5.91 Å². The van der Waals surface area contributed by atoms with Crippen LogP contribution in [0.4, 0.5) is 5.13 Å². The number of terminal acetylenes is 1. The first-order valence-electron chi connectivity index (χ1n) is 11.0. The van der Waals surface area contributed by atoms with Crippen LogP contribution < -0.4 is 5.32 Å². The predicted octanol–water partition coefficient (Wildman–Crippen LogP) is 4.38. The van der Waals surface area contributed by atoms with Gasteiger partial charge in [-0.15, -0.1) is 6.42 Å². The van der Waals surface area contributed by atoms with E-state index in [4.69, 9.17) is 16.4 Å². The van der Waals surface area contributed by atoms with Crippen LogP contribution in [0.25, 0.3) is 27.5 Å². The molecule has 1 amide bonds. The van der Waals surface area contributed by atoms with Gasteiger partial charge < -0.3 is 10.2 Å². The highest BCUT2D eigenvalue weighted by Crippen LogP contribution is 2.44. The molecule has 3 aromatic heterocycles. The quantitative estimate of drug-likeness (QED) is 0.259. The molecular weight excluding hydrogens is 460 g/mol. The normalized spacial score (nSPS) is 12.2. The molecule has 8 nitrogen and oxygen atoms in total. The fourth-order valence-electron chi connectivity index (χ4n) is 4.14. The van der Waals surface area contributed by atoms with Crippen molar-refractivity contribution >= 4 is 28.6 Å². The van der Waals surface area contributed by atoms with Crippen molar-refractivity contribution in [3.63, 3.8) is 0 Å². The van der Waals surface area contributed by atoms with Gasteiger partial charge in [-0.05, 0) is 49.6 Å². The van der Waals surface area contributed by atoms with Crippen LogP contribution in [0.15, 0.2) is 41.7 Å². The highest BCUT2D eigenvalue weighted by Gasteiger charge is 2.30. The van der Waals surface area contributed by atoms with Gasteiger partial charge >= 0.3 is 0 Å². The number of thiazole rings is 1. The van der Waals surface area contributed by atoms with Crippen LogP contribution >= 0.6 is 11.3 Å². The van der Waals surface area contributed by atoms with E-state index in [1.807, 2.05) is 48.1 Å². The van der Waals surface area contributed by atoms with Crippen molar-refractivity contribution in [2.75, 3.05) is 12.4 Å². The number of carbonyl (C=O) groups is 1.